The molecule has 1 aromatic rings. The molecule has 0 aliphatic carbocycles. The molecule has 0 saturated carbocycles. The van der Waals surface area contributed by atoms with Gasteiger partial charge in [-0.1, -0.05) is 32.0 Å². The van der Waals surface area contributed by atoms with E-state index in [-0.39, 0.29) is 0 Å². The van der Waals surface area contributed by atoms with Crippen LogP contribution in [-0.4, -0.2) is 25.8 Å². The molecule has 0 radical (unpaired) electrons. The maximum atomic E-state index is 12.0. The first-order chi connectivity index (χ1) is 8.05. The maximum absolute atomic E-state index is 12.0. The standard InChI is InChI=1S/C11H19N3O2S/c1-3-14(4-2)17(15,16)13-11-8-6-5-7-10(11)9-12/h5-8,13H,3-4,9,12H2,1-2H3. The van der Waals surface area contributed by atoms with Gasteiger partial charge in [0.1, 0.15) is 0 Å². The third-order valence-corrected chi connectivity index (χ3v) is 4.20. The number of hydrogen-bond acceptors (Lipinski definition) is 3. The Morgan fingerprint density at radius 3 is 2.35 bits per heavy atom. The van der Waals surface area contributed by atoms with Gasteiger partial charge in [0.15, 0.2) is 0 Å². The lowest BCUT2D eigenvalue weighted by Gasteiger charge is -2.20. The van der Waals surface area contributed by atoms with Crippen LogP contribution in [0, 0.1) is 0 Å². The highest BCUT2D eigenvalue weighted by Gasteiger charge is 2.19. The molecule has 17 heavy (non-hydrogen) atoms. The Hall–Kier alpha value is -1.11. The third-order valence-electron chi connectivity index (χ3n) is 2.52. The molecule has 0 fully saturated rings. The second-order valence-corrected chi connectivity index (χ2v) is 5.22. The molecule has 0 spiro atoms. The molecule has 0 saturated heterocycles. The van der Waals surface area contributed by atoms with Crippen LogP contribution in [0.15, 0.2) is 24.3 Å². The molecule has 0 amide bonds. The number of benzene rings is 1. The lowest BCUT2D eigenvalue weighted by Crippen LogP contribution is -2.35. The summed E-state index contributed by atoms with van der Waals surface area (Å²) in [6.45, 7) is 4.79. The quantitative estimate of drug-likeness (QED) is 0.802. The van der Waals surface area contributed by atoms with Crippen LogP contribution in [0.2, 0.25) is 0 Å². The van der Waals surface area contributed by atoms with Gasteiger partial charge in [0.05, 0.1) is 5.69 Å². The Kier molecular flexibility index (Phi) is 4.92. The Labute approximate surface area is 103 Å². The zero-order valence-electron chi connectivity index (χ0n) is 10.2. The van der Waals surface area contributed by atoms with Gasteiger partial charge in [-0.15, -0.1) is 0 Å². The Morgan fingerprint density at radius 1 is 1.24 bits per heavy atom. The minimum atomic E-state index is -3.48. The molecule has 6 heteroatoms. The summed E-state index contributed by atoms with van der Waals surface area (Å²) in [4.78, 5) is 0. The average molecular weight is 257 g/mol. The molecule has 1 rings (SSSR count). The van der Waals surface area contributed by atoms with Crippen molar-refractivity contribution in [3.63, 3.8) is 0 Å². The van der Waals surface area contributed by atoms with Crippen molar-refractivity contribution < 1.29 is 8.42 Å². The van der Waals surface area contributed by atoms with Gasteiger partial charge in [-0.05, 0) is 11.6 Å². The first kappa shape index (κ1) is 14.0. The molecule has 1 aromatic carbocycles. The van der Waals surface area contributed by atoms with E-state index in [0.717, 1.165) is 5.56 Å². The molecule has 0 aliphatic heterocycles. The fourth-order valence-electron chi connectivity index (χ4n) is 1.56. The van der Waals surface area contributed by atoms with Gasteiger partial charge in [-0.3, -0.25) is 4.72 Å². The number of para-hydroxylation sites is 1. The molecule has 5 nitrogen and oxygen atoms in total. The SMILES string of the molecule is CCN(CC)S(=O)(=O)Nc1ccccc1CN. The molecular weight excluding hydrogens is 238 g/mol. The van der Waals surface area contributed by atoms with E-state index in [4.69, 9.17) is 5.73 Å². The zero-order valence-corrected chi connectivity index (χ0v) is 11.0. The van der Waals surface area contributed by atoms with E-state index in [1.807, 2.05) is 6.07 Å². The van der Waals surface area contributed by atoms with Crippen molar-refractivity contribution in [3.8, 4) is 0 Å². The normalized spacial score (nSPS) is 11.8. The van der Waals surface area contributed by atoms with Crippen molar-refractivity contribution in [1.29, 1.82) is 0 Å². The topological polar surface area (TPSA) is 75.4 Å². The van der Waals surface area contributed by atoms with Gasteiger partial charge in [-0.25, -0.2) is 0 Å². The van der Waals surface area contributed by atoms with E-state index in [0.29, 0.717) is 25.3 Å². The third kappa shape index (κ3) is 3.42. The van der Waals surface area contributed by atoms with Gasteiger partial charge >= 0.3 is 10.2 Å². The molecule has 3 N–H and O–H groups in total. The predicted octanol–water partition coefficient (Wildman–Crippen LogP) is 1.14. The number of nitrogens with two attached hydrogens (primary N) is 1. The minimum absolute atomic E-state index is 0.303. The molecule has 96 valence electrons. The molecular formula is C11H19N3O2S. The van der Waals surface area contributed by atoms with Crippen molar-refractivity contribution in [3.05, 3.63) is 29.8 Å². The largest absolute Gasteiger partial charge is 0.326 e. The highest BCUT2D eigenvalue weighted by Crippen LogP contribution is 2.17. The second-order valence-electron chi connectivity index (χ2n) is 3.55. The molecule has 0 aliphatic rings. The average Bonchev–Trinajstić information content (AvgIpc) is 2.30. The van der Waals surface area contributed by atoms with Crippen LogP contribution in [0.5, 0.6) is 0 Å². The van der Waals surface area contributed by atoms with Gasteiger partial charge in [0.25, 0.3) is 0 Å². The fraction of sp³-hybridized carbons (Fsp3) is 0.455. The van der Waals surface area contributed by atoms with Crippen LogP contribution >= 0.6 is 0 Å². The van der Waals surface area contributed by atoms with Crippen LogP contribution in [0.3, 0.4) is 0 Å². The number of nitrogens with one attached hydrogen (secondary N) is 1. The number of hydrogen-bond donors (Lipinski definition) is 2. The Morgan fingerprint density at radius 2 is 1.82 bits per heavy atom. The molecule has 0 atom stereocenters. The lowest BCUT2D eigenvalue weighted by atomic mass is 10.2. The monoisotopic (exact) mass is 257 g/mol. The lowest BCUT2D eigenvalue weighted by molar-refractivity contribution is 0.449. The summed E-state index contributed by atoms with van der Waals surface area (Å²) in [5, 5.41) is 0. The molecule has 0 aromatic heterocycles. The van der Waals surface area contributed by atoms with Gasteiger partial charge in [-0.2, -0.15) is 12.7 Å². The van der Waals surface area contributed by atoms with E-state index in [2.05, 4.69) is 4.72 Å². The second kappa shape index (κ2) is 6.00. The summed E-state index contributed by atoms with van der Waals surface area (Å²) in [5.74, 6) is 0. The number of anilines is 1. The molecule has 0 bridgehead atoms. The van der Waals surface area contributed by atoms with Crippen LogP contribution in [0.25, 0.3) is 0 Å². The van der Waals surface area contributed by atoms with Gasteiger partial charge in [0.2, 0.25) is 0 Å². The summed E-state index contributed by atoms with van der Waals surface area (Å²) < 4.78 is 27.9. The van der Waals surface area contributed by atoms with E-state index >= 15 is 0 Å². The van der Waals surface area contributed by atoms with E-state index in [9.17, 15) is 8.42 Å². The van der Waals surface area contributed by atoms with Crippen LogP contribution in [0.4, 0.5) is 5.69 Å². The van der Waals surface area contributed by atoms with Crippen molar-refractivity contribution in [2.45, 2.75) is 20.4 Å². The molecule has 0 unspecified atom stereocenters. The van der Waals surface area contributed by atoms with Gasteiger partial charge < -0.3 is 5.73 Å². The minimum Gasteiger partial charge on any atom is -0.326 e. The van der Waals surface area contributed by atoms with Gasteiger partial charge in [0, 0.05) is 19.6 Å². The zero-order chi connectivity index (χ0) is 12.9. The first-order valence-corrected chi connectivity index (χ1v) is 7.05. The van der Waals surface area contributed by atoms with Crippen LogP contribution < -0.4 is 10.5 Å². The summed E-state index contributed by atoms with van der Waals surface area (Å²) in [6.07, 6.45) is 0. The van der Waals surface area contributed by atoms with Crippen LogP contribution in [-0.2, 0) is 16.8 Å². The van der Waals surface area contributed by atoms with Crippen molar-refractivity contribution >= 4 is 15.9 Å². The first-order valence-electron chi connectivity index (χ1n) is 5.61. The Bertz CT molecular complexity index is 456. The van der Waals surface area contributed by atoms with Crippen molar-refractivity contribution in [1.82, 2.24) is 4.31 Å². The predicted molar refractivity (Wildman–Crippen MR) is 69.8 cm³/mol. The van der Waals surface area contributed by atoms with Crippen LogP contribution in [0.1, 0.15) is 19.4 Å². The van der Waals surface area contributed by atoms with Crippen molar-refractivity contribution in [2.24, 2.45) is 5.73 Å². The summed E-state index contributed by atoms with van der Waals surface area (Å²) in [6, 6.07) is 7.12. The number of rotatable bonds is 6. The highest BCUT2D eigenvalue weighted by molar-refractivity contribution is 7.90. The highest BCUT2D eigenvalue weighted by atomic mass is 32.2. The smallest absolute Gasteiger partial charge is 0.301 e. The van der Waals surface area contributed by atoms with Crippen molar-refractivity contribution in [2.75, 3.05) is 17.8 Å². The van der Waals surface area contributed by atoms with E-state index in [1.54, 1.807) is 32.0 Å². The molecule has 0 heterocycles. The van der Waals surface area contributed by atoms with E-state index < -0.39 is 10.2 Å². The summed E-state index contributed by atoms with van der Waals surface area (Å²) in [5.41, 5.74) is 6.89. The Balaban J connectivity index is 2.97. The summed E-state index contributed by atoms with van der Waals surface area (Å²) in [7, 11) is -3.48. The fourth-order valence-corrected chi connectivity index (χ4v) is 2.85. The summed E-state index contributed by atoms with van der Waals surface area (Å²) >= 11 is 0. The number of nitrogens with zero attached hydrogens (tertiary/aromatic N) is 1. The maximum Gasteiger partial charge on any atom is 0.301 e. The van der Waals surface area contributed by atoms with E-state index in [1.165, 1.54) is 4.31 Å².